The fourth-order valence-corrected chi connectivity index (χ4v) is 2.77. The van der Waals surface area contributed by atoms with E-state index in [4.69, 9.17) is 0 Å². The van der Waals surface area contributed by atoms with E-state index >= 15 is 0 Å². The standard InChI is InChI=1S/C23H29N3/c1-7-10-18(4)22-11-9-14-25-26(22)23(17(3)8-2)13-12-21-15-20(6)24-16-19(21)5/h9,11,14-16H,7-8,10H2,1-6H3. The minimum Gasteiger partial charge on any atom is -0.261 e. The van der Waals surface area contributed by atoms with Crippen molar-refractivity contribution in [3.63, 3.8) is 0 Å². The Morgan fingerprint density at radius 3 is 2.65 bits per heavy atom. The number of hydrogen-bond acceptors (Lipinski definition) is 3. The highest BCUT2D eigenvalue weighted by atomic mass is 15.5. The second-order valence-electron chi connectivity index (χ2n) is 6.72. The number of hydrazone groups is 1. The molecule has 1 aromatic heterocycles. The lowest BCUT2D eigenvalue weighted by molar-refractivity contribution is 0.472. The van der Waals surface area contributed by atoms with Crippen LogP contribution >= 0.6 is 0 Å². The molecule has 0 aromatic carbocycles. The molecule has 0 atom stereocenters. The molecule has 0 saturated heterocycles. The van der Waals surface area contributed by atoms with E-state index in [9.17, 15) is 0 Å². The third-order valence-corrected chi connectivity index (χ3v) is 4.51. The van der Waals surface area contributed by atoms with E-state index in [0.717, 1.165) is 47.5 Å². The van der Waals surface area contributed by atoms with Gasteiger partial charge in [0.1, 0.15) is 5.70 Å². The summed E-state index contributed by atoms with van der Waals surface area (Å²) in [5.74, 6) is 6.75. The van der Waals surface area contributed by atoms with Crippen molar-refractivity contribution in [3.8, 4) is 11.8 Å². The minimum absolute atomic E-state index is 0.939. The maximum absolute atomic E-state index is 4.63. The lowest BCUT2D eigenvalue weighted by Crippen LogP contribution is -2.19. The molecule has 1 aliphatic rings. The molecule has 0 unspecified atom stereocenters. The van der Waals surface area contributed by atoms with Crippen LogP contribution in [0.15, 0.2) is 52.1 Å². The second-order valence-corrected chi connectivity index (χ2v) is 6.72. The predicted octanol–water partition coefficient (Wildman–Crippen LogP) is 5.67. The monoisotopic (exact) mass is 347 g/mol. The van der Waals surface area contributed by atoms with Crippen LogP contribution in [0.4, 0.5) is 0 Å². The number of aryl methyl sites for hydroxylation is 2. The van der Waals surface area contributed by atoms with Gasteiger partial charge >= 0.3 is 0 Å². The molecule has 0 bridgehead atoms. The summed E-state index contributed by atoms with van der Waals surface area (Å²) in [7, 11) is 0. The van der Waals surface area contributed by atoms with Crippen LogP contribution in [0.25, 0.3) is 0 Å². The molecule has 0 aliphatic carbocycles. The fraction of sp³-hybridized carbons (Fsp3) is 0.391. The van der Waals surface area contributed by atoms with Gasteiger partial charge in [-0.1, -0.05) is 26.2 Å². The zero-order valence-electron chi connectivity index (χ0n) is 16.8. The van der Waals surface area contributed by atoms with Crippen molar-refractivity contribution in [3.05, 3.63) is 63.8 Å². The number of aromatic nitrogens is 1. The van der Waals surface area contributed by atoms with E-state index in [1.54, 1.807) is 0 Å². The Kier molecular flexibility index (Phi) is 6.97. The summed E-state index contributed by atoms with van der Waals surface area (Å²) < 4.78 is 0. The molecule has 2 rings (SSSR count). The Labute approximate surface area is 158 Å². The molecule has 136 valence electrons. The van der Waals surface area contributed by atoms with Gasteiger partial charge in [-0.05, 0) is 81.4 Å². The van der Waals surface area contributed by atoms with E-state index in [1.807, 2.05) is 43.4 Å². The van der Waals surface area contributed by atoms with Crippen molar-refractivity contribution in [2.24, 2.45) is 5.10 Å². The normalized spacial score (nSPS) is 16.2. The van der Waals surface area contributed by atoms with Crippen LogP contribution in [0.1, 0.15) is 63.8 Å². The minimum atomic E-state index is 0.939. The van der Waals surface area contributed by atoms with Crippen molar-refractivity contribution < 1.29 is 0 Å². The van der Waals surface area contributed by atoms with Crippen LogP contribution in [0, 0.1) is 25.7 Å². The first kappa shape index (κ1) is 19.7. The van der Waals surface area contributed by atoms with E-state index in [1.165, 1.54) is 11.1 Å². The van der Waals surface area contributed by atoms with Crippen molar-refractivity contribution >= 4 is 6.21 Å². The highest BCUT2D eigenvalue weighted by Gasteiger charge is 2.16. The van der Waals surface area contributed by atoms with Crippen molar-refractivity contribution in [1.29, 1.82) is 0 Å². The first-order valence-electron chi connectivity index (χ1n) is 9.33. The topological polar surface area (TPSA) is 28.5 Å². The summed E-state index contributed by atoms with van der Waals surface area (Å²) in [5.41, 5.74) is 7.76. The molecule has 0 amide bonds. The summed E-state index contributed by atoms with van der Waals surface area (Å²) >= 11 is 0. The van der Waals surface area contributed by atoms with E-state index in [-0.39, 0.29) is 0 Å². The molecule has 3 nitrogen and oxygen atoms in total. The molecule has 0 saturated carbocycles. The molecule has 0 N–H and O–H groups in total. The Hall–Kier alpha value is -2.60. The second kappa shape index (κ2) is 9.20. The summed E-state index contributed by atoms with van der Waals surface area (Å²) in [6.07, 6.45) is 10.9. The van der Waals surface area contributed by atoms with Gasteiger partial charge in [0, 0.05) is 23.7 Å². The molecular weight excluding hydrogens is 318 g/mol. The maximum Gasteiger partial charge on any atom is 0.114 e. The van der Waals surface area contributed by atoms with E-state index in [0.29, 0.717) is 0 Å². The summed E-state index contributed by atoms with van der Waals surface area (Å²) in [6.45, 7) is 12.7. The van der Waals surface area contributed by atoms with Crippen LogP contribution in [-0.2, 0) is 0 Å². The van der Waals surface area contributed by atoms with Gasteiger partial charge < -0.3 is 0 Å². The van der Waals surface area contributed by atoms with Crippen LogP contribution < -0.4 is 0 Å². The highest BCUT2D eigenvalue weighted by molar-refractivity contribution is 5.73. The molecule has 2 heterocycles. The molecular formula is C23H29N3. The Morgan fingerprint density at radius 1 is 1.19 bits per heavy atom. The zero-order chi connectivity index (χ0) is 19.1. The highest BCUT2D eigenvalue weighted by Crippen LogP contribution is 2.26. The number of allylic oxidation sites excluding steroid dienone is 5. The average Bonchev–Trinajstić information content (AvgIpc) is 2.64. The molecule has 1 aliphatic heterocycles. The molecule has 26 heavy (non-hydrogen) atoms. The van der Waals surface area contributed by atoms with Gasteiger partial charge in [-0.15, -0.1) is 0 Å². The van der Waals surface area contributed by atoms with Crippen molar-refractivity contribution in [2.75, 3.05) is 0 Å². The third kappa shape index (κ3) is 4.73. The molecule has 1 aromatic rings. The van der Waals surface area contributed by atoms with Gasteiger partial charge in [-0.3, -0.25) is 4.98 Å². The van der Waals surface area contributed by atoms with Crippen LogP contribution in [-0.4, -0.2) is 16.2 Å². The third-order valence-electron chi connectivity index (χ3n) is 4.51. The Balaban J connectivity index is 2.52. The number of hydrogen-bond donors (Lipinski definition) is 0. The lowest BCUT2D eigenvalue weighted by Gasteiger charge is -2.25. The summed E-state index contributed by atoms with van der Waals surface area (Å²) in [6, 6.07) is 2.04. The maximum atomic E-state index is 4.63. The van der Waals surface area contributed by atoms with Crippen molar-refractivity contribution in [2.45, 2.75) is 60.8 Å². The quantitative estimate of drug-likeness (QED) is 0.657. The average molecular weight is 348 g/mol. The number of pyridine rings is 1. The van der Waals surface area contributed by atoms with Crippen molar-refractivity contribution in [1.82, 2.24) is 9.99 Å². The Morgan fingerprint density at radius 2 is 1.96 bits per heavy atom. The molecule has 0 spiro atoms. The van der Waals surface area contributed by atoms with Crippen LogP contribution in [0.3, 0.4) is 0 Å². The largest absolute Gasteiger partial charge is 0.261 e. The van der Waals surface area contributed by atoms with Gasteiger partial charge in [0.15, 0.2) is 0 Å². The first-order chi connectivity index (χ1) is 12.5. The first-order valence-corrected chi connectivity index (χ1v) is 9.33. The number of nitrogens with zero attached hydrogens (tertiary/aromatic N) is 3. The summed E-state index contributed by atoms with van der Waals surface area (Å²) in [4.78, 5) is 4.33. The summed E-state index contributed by atoms with van der Waals surface area (Å²) in [5, 5.41) is 6.63. The van der Waals surface area contributed by atoms with Gasteiger partial charge in [0.25, 0.3) is 0 Å². The lowest BCUT2D eigenvalue weighted by atomic mass is 10.1. The van der Waals surface area contributed by atoms with Gasteiger partial charge in [-0.2, -0.15) is 5.10 Å². The molecule has 0 fully saturated rings. The smallest absolute Gasteiger partial charge is 0.114 e. The van der Waals surface area contributed by atoms with Gasteiger partial charge in [0.05, 0.1) is 5.70 Å². The molecule has 0 radical (unpaired) electrons. The van der Waals surface area contributed by atoms with E-state index < -0.39 is 0 Å². The molecule has 3 heteroatoms. The van der Waals surface area contributed by atoms with Crippen LogP contribution in [0.2, 0.25) is 0 Å². The Bertz CT molecular complexity index is 842. The van der Waals surface area contributed by atoms with E-state index in [2.05, 4.69) is 55.7 Å². The predicted molar refractivity (Wildman–Crippen MR) is 111 cm³/mol. The SMILES string of the molecule is CCCC(C)=C1C=CC=NN1C(C#Cc1cc(C)ncc1C)=C(C)CC. The zero-order valence-corrected chi connectivity index (χ0v) is 16.8. The fourth-order valence-electron chi connectivity index (χ4n) is 2.77. The van der Waals surface area contributed by atoms with Gasteiger partial charge in [0.2, 0.25) is 0 Å². The number of rotatable bonds is 4. The van der Waals surface area contributed by atoms with Crippen LogP contribution in [0.5, 0.6) is 0 Å². The van der Waals surface area contributed by atoms with Gasteiger partial charge in [-0.25, -0.2) is 5.01 Å².